The fraction of sp³-hybridized carbons (Fsp3) is 0.200. The molecule has 0 fully saturated rings. The third-order valence-electron chi connectivity index (χ3n) is 2.84. The van der Waals surface area contributed by atoms with Crippen LogP contribution in [-0.2, 0) is 6.61 Å². The second-order valence-corrected chi connectivity index (χ2v) is 4.80. The average molecular weight is 299 g/mol. The normalized spacial score (nSPS) is 12.2. The van der Waals surface area contributed by atoms with Gasteiger partial charge in [-0.2, -0.15) is 0 Å². The summed E-state index contributed by atoms with van der Waals surface area (Å²) < 4.78 is 32.0. The van der Waals surface area contributed by atoms with Gasteiger partial charge < -0.3 is 9.84 Å². The highest BCUT2D eigenvalue weighted by Crippen LogP contribution is 2.29. The summed E-state index contributed by atoms with van der Waals surface area (Å²) in [6, 6.07) is 8.66. The van der Waals surface area contributed by atoms with Crippen LogP contribution < -0.4 is 4.74 Å². The largest absolute Gasteiger partial charge is 0.488 e. The Labute approximate surface area is 120 Å². The molecule has 0 radical (unpaired) electrons. The molecule has 0 spiro atoms. The lowest BCUT2D eigenvalue weighted by molar-refractivity contribution is 0.189. The molecule has 0 amide bonds. The van der Waals surface area contributed by atoms with Gasteiger partial charge in [0.2, 0.25) is 0 Å². The molecule has 0 saturated heterocycles. The molecule has 5 heteroatoms. The Balaban J connectivity index is 2.21. The van der Waals surface area contributed by atoms with Crippen molar-refractivity contribution in [3.63, 3.8) is 0 Å². The number of benzene rings is 2. The third kappa shape index (κ3) is 3.26. The minimum atomic E-state index is -0.930. The molecule has 106 valence electrons. The van der Waals surface area contributed by atoms with Gasteiger partial charge in [-0.3, -0.25) is 0 Å². The lowest BCUT2D eigenvalue weighted by atomic mass is 10.1. The third-order valence-corrected chi connectivity index (χ3v) is 3.07. The van der Waals surface area contributed by atoms with Gasteiger partial charge in [0.15, 0.2) is 11.6 Å². The molecule has 2 nitrogen and oxygen atoms in total. The fourth-order valence-corrected chi connectivity index (χ4v) is 1.97. The van der Waals surface area contributed by atoms with Crippen molar-refractivity contribution in [3.05, 3.63) is 64.2 Å². The van der Waals surface area contributed by atoms with E-state index in [1.54, 1.807) is 25.1 Å². The van der Waals surface area contributed by atoms with Crippen LogP contribution in [0.5, 0.6) is 5.75 Å². The molecule has 1 N–H and O–H groups in total. The lowest BCUT2D eigenvalue weighted by Crippen LogP contribution is -2.03. The second kappa shape index (κ2) is 6.20. The maximum Gasteiger partial charge on any atom is 0.165 e. The predicted molar refractivity (Wildman–Crippen MR) is 72.8 cm³/mol. The van der Waals surface area contributed by atoms with E-state index in [4.69, 9.17) is 16.3 Å². The van der Waals surface area contributed by atoms with E-state index < -0.39 is 17.7 Å². The van der Waals surface area contributed by atoms with Crippen LogP contribution in [0, 0.1) is 11.6 Å². The van der Waals surface area contributed by atoms with Crippen molar-refractivity contribution in [2.24, 2.45) is 0 Å². The zero-order valence-corrected chi connectivity index (χ0v) is 11.5. The van der Waals surface area contributed by atoms with Gasteiger partial charge in [0.1, 0.15) is 12.4 Å². The first kappa shape index (κ1) is 14.8. The van der Waals surface area contributed by atoms with Crippen molar-refractivity contribution in [3.8, 4) is 5.75 Å². The van der Waals surface area contributed by atoms with Gasteiger partial charge in [0, 0.05) is 16.1 Å². The fourth-order valence-electron chi connectivity index (χ4n) is 1.79. The van der Waals surface area contributed by atoms with E-state index >= 15 is 0 Å². The smallest absolute Gasteiger partial charge is 0.165 e. The summed E-state index contributed by atoms with van der Waals surface area (Å²) in [6.45, 7) is 1.44. The van der Waals surface area contributed by atoms with Crippen LogP contribution in [0.1, 0.15) is 24.2 Å². The molecular formula is C15H13ClF2O2. The SMILES string of the molecule is C[C@H](O)c1cc(Cl)ccc1OCc1cccc(F)c1F. The van der Waals surface area contributed by atoms with E-state index in [1.165, 1.54) is 12.1 Å². The molecule has 1 atom stereocenters. The highest BCUT2D eigenvalue weighted by molar-refractivity contribution is 6.30. The summed E-state index contributed by atoms with van der Waals surface area (Å²) in [7, 11) is 0. The minimum Gasteiger partial charge on any atom is -0.488 e. The molecule has 0 aliphatic heterocycles. The molecule has 0 bridgehead atoms. The quantitative estimate of drug-likeness (QED) is 0.914. The van der Waals surface area contributed by atoms with Crippen molar-refractivity contribution in [2.75, 3.05) is 0 Å². The van der Waals surface area contributed by atoms with E-state index in [9.17, 15) is 13.9 Å². The Bertz CT molecular complexity index is 615. The molecular weight excluding hydrogens is 286 g/mol. The summed E-state index contributed by atoms with van der Waals surface area (Å²) in [4.78, 5) is 0. The number of aliphatic hydroxyl groups is 1. The van der Waals surface area contributed by atoms with E-state index in [0.29, 0.717) is 16.3 Å². The molecule has 0 aromatic heterocycles. The van der Waals surface area contributed by atoms with Gasteiger partial charge in [-0.25, -0.2) is 8.78 Å². The lowest BCUT2D eigenvalue weighted by Gasteiger charge is -2.14. The van der Waals surface area contributed by atoms with Crippen LogP contribution in [0.4, 0.5) is 8.78 Å². The van der Waals surface area contributed by atoms with Crippen LogP contribution in [0.15, 0.2) is 36.4 Å². The number of rotatable bonds is 4. The van der Waals surface area contributed by atoms with E-state index in [1.807, 2.05) is 0 Å². The highest BCUT2D eigenvalue weighted by atomic mass is 35.5. The molecule has 0 aliphatic rings. The van der Waals surface area contributed by atoms with E-state index in [-0.39, 0.29) is 12.2 Å². The standard InChI is InChI=1S/C15H13ClF2O2/c1-9(19)12-7-11(16)5-6-14(12)20-8-10-3-2-4-13(17)15(10)18/h2-7,9,19H,8H2,1H3/t9-/m0/s1. The predicted octanol–water partition coefficient (Wildman–Crippen LogP) is 4.25. The highest BCUT2D eigenvalue weighted by Gasteiger charge is 2.12. The first-order valence-corrected chi connectivity index (χ1v) is 6.40. The van der Waals surface area contributed by atoms with Crippen molar-refractivity contribution < 1.29 is 18.6 Å². The number of halogens is 3. The van der Waals surface area contributed by atoms with E-state index in [2.05, 4.69) is 0 Å². The Hall–Kier alpha value is -1.65. The Kier molecular flexibility index (Phi) is 4.57. The van der Waals surface area contributed by atoms with Gasteiger partial charge >= 0.3 is 0 Å². The molecule has 2 aromatic carbocycles. The summed E-state index contributed by atoms with van der Waals surface area (Å²) in [5.74, 6) is -1.47. The van der Waals surface area contributed by atoms with E-state index in [0.717, 1.165) is 6.07 Å². The van der Waals surface area contributed by atoms with Gasteiger partial charge in [-0.05, 0) is 31.2 Å². The first-order chi connectivity index (χ1) is 9.49. The number of hydrogen-bond acceptors (Lipinski definition) is 2. The Morgan fingerprint density at radius 1 is 1.25 bits per heavy atom. The van der Waals surface area contributed by atoms with Gasteiger partial charge in [-0.15, -0.1) is 0 Å². The maximum absolute atomic E-state index is 13.5. The zero-order valence-electron chi connectivity index (χ0n) is 10.7. The van der Waals surface area contributed by atoms with Crippen molar-refractivity contribution >= 4 is 11.6 Å². The number of aliphatic hydroxyl groups excluding tert-OH is 1. The van der Waals surface area contributed by atoms with Gasteiger partial charge in [0.25, 0.3) is 0 Å². The molecule has 0 aliphatic carbocycles. The average Bonchev–Trinajstić information content (AvgIpc) is 2.41. The minimum absolute atomic E-state index is 0.108. The van der Waals surface area contributed by atoms with Crippen LogP contribution in [0.2, 0.25) is 5.02 Å². The number of hydrogen-bond donors (Lipinski definition) is 1. The summed E-state index contributed by atoms with van der Waals surface area (Å²) in [5.41, 5.74) is 0.603. The number of ether oxygens (including phenoxy) is 1. The van der Waals surface area contributed by atoms with Crippen molar-refractivity contribution in [1.29, 1.82) is 0 Å². The molecule has 0 saturated carbocycles. The van der Waals surface area contributed by atoms with Crippen LogP contribution in [0.3, 0.4) is 0 Å². The van der Waals surface area contributed by atoms with Gasteiger partial charge in [0.05, 0.1) is 6.10 Å². The van der Waals surface area contributed by atoms with Crippen LogP contribution >= 0.6 is 11.6 Å². The van der Waals surface area contributed by atoms with Crippen molar-refractivity contribution in [2.45, 2.75) is 19.6 Å². The Morgan fingerprint density at radius 3 is 2.70 bits per heavy atom. The summed E-state index contributed by atoms with van der Waals surface area (Å²) in [6.07, 6.45) is -0.777. The molecule has 20 heavy (non-hydrogen) atoms. The van der Waals surface area contributed by atoms with Crippen LogP contribution in [-0.4, -0.2) is 5.11 Å². The zero-order chi connectivity index (χ0) is 14.7. The molecule has 2 rings (SSSR count). The molecule has 0 unspecified atom stereocenters. The summed E-state index contributed by atoms with van der Waals surface area (Å²) in [5, 5.41) is 10.1. The molecule has 0 heterocycles. The maximum atomic E-state index is 13.5. The monoisotopic (exact) mass is 298 g/mol. The second-order valence-electron chi connectivity index (χ2n) is 4.36. The summed E-state index contributed by atoms with van der Waals surface area (Å²) >= 11 is 5.85. The topological polar surface area (TPSA) is 29.5 Å². The van der Waals surface area contributed by atoms with Crippen molar-refractivity contribution in [1.82, 2.24) is 0 Å². The first-order valence-electron chi connectivity index (χ1n) is 6.02. The Morgan fingerprint density at radius 2 is 2.00 bits per heavy atom. The van der Waals surface area contributed by atoms with Crippen LogP contribution in [0.25, 0.3) is 0 Å². The molecule has 2 aromatic rings. The van der Waals surface area contributed by atoms with Gasteiger partial charge in [-0.1, -0.05) is 23.7 Å².